The van der Waals surface area contributed by atoms with Crippen LogP contribution in [0.3, 0.4) is 0 Å². The van der Waals surface area contributed by atoms with Crippen LogP contribution in [0.5, 0.6) is 0 Å². The van der Waals surface area contributed by atoms with E-state index in [1.54, 1.807) is 12.1 Å². The molecule has 1 N–H and O–H groups in total. The highest BCUT2D eigenvalue weighted by atomic mass is 19.3. The number of amides is 2. The molecule has 1 fully saturated rings. The molecule has 0 unspecified atom stereocenters. The molecule has 0 radical (unpaired) electrons. The summed E-state index contributed by atoms with van der Waals surface area (Å²) in [5, 5.41) is 2.64. The van der Waals surface area contributed by atoms with E-state index in [0.717, 1.165) is 5.56 Å². The molecule has 1 aliphatic rings. The van der Waals surface area contributed by atoms with Gasteiger partial charge in [-0.1, -0.05) is 12.1 Å². The normalized spacial score (nSPS) is 18.2. The first-order chi connectivity index (χ1) is 8.96. The van der Waals surface area contributed by atoms with Crippen molar-refractivity contribution >= 4 is 6.03 Å². The van der Waals surface area contributed by atoms with Crippen molar-refractivity contribution in [1.29, 1.82) is 0 Å². The summed E-state index contributed by atoms with van der Waals surface area (Å²) in [7, 11) is 0. The summed E-state index contributed by atoms with van der Waals surface area (Å²) in [4.78, 5) is 13.1. The zero-order chi connectivity index (χ0) is 13.9. The Morgan fingerprint density at radius 1 is 1.21 bits per heavy atom. The van der Waals surface area contributed by atoms with Crippen molar-refractivity contribution in [1.82, 2.24) is 10.2 Å². The molecule has 2 amide bonds. The van der Waals surface area contributed by atoms with Gasteiger partial charge in [-0.3, -0.25) is 0 Å². The number of hydrogen-bond donors (Lipinski definition) is 1. The van der Waals surface area contributed by atoms with Gasteiger partial charge >= 0.3 is 6.03 Å². The van der Waals surface area contributed by atoms with E-state index < -0.39 is 5.92 Å². The van der Waals surface area contributed by atoms with Gasteiger partial charge in [-0.05, 0) is 17.7 Å². The lowest BCUT2D eigenvalue weighted by molar-refractivity contribution is -0.0469. The number of nitrogens with one attached hydrogen (secondary N) is 1. The fourth-order valence-corrected chi connectivity index (χ4v) is 1.93. The highest BCUT2D eigenvalue weighted by Gasteiger charge is 2.35. The monoisotopic (exact) mass is 272 g/mol. The molecular weight excluding hydrogens is 257 g/mol. The number of nitrogens with zero attached hydrogens (tertiary/aromatic N) is 1. The van der Waals surface area contributed by atoms with Crippen molar-refractivity contribution in [2.45, 2.75) is 25.3 Å². The van der Waals surface area contributed by atoms with Gasteiger partial charge in [0.15, 0.2) is 0 Å². The summed E-state index contributed by atoms with van der Waals surface area (Å²) in [6, 6.07) is 5.39. The summed E-state index contributed by atoms with van der Waals surface area (Å²) in [5.41, 5.74) is 0.761. The third kappa shape index (κ3) is 3.87. The van der Waals surface area contributed by atoms with Crippen LogP contribution >= 0.6 is 0 Å². The van der Waals surface area contributed by atoms with E-state index in [2.05, 4.69) is 5.32 Å². The van der Waals surface area contributed by atoms with Crippen LogP contribution < -0.4 is 5.32 Å². The molecule has 1 aliphatic heterocycles. The van der Waals surface area contributed by atoms with Gasteiger partial charge in [-0.25, -0.2) is 18.0 Å². The molecule has 6 heteroatoms. The first-order valence-electron chi connectivity index (χ1n) is 6.11. The van der Waals surface area contributed by atoms with Crippen LogP contribution in [0.4, 0.5) is 18.0 Å². The molecule has 1 aromatic carbocycles. The van der Waals surface area contributed by atoms with Gasteiger partial charge < -0.3 is 10.2 Å². The summed E-state index contributed by atoms with van der Waals surface area (Å²) in [5.74, 6) is -3.00. The Morgan fingerprint density at radius 3 is 2.37 bits per heavy atom. The van der Waals surface area contributed by atoms with E-state index in [1.165, 1.54) is 17.0 Å². The molecule has 19 heavy (non-hydrogen) atoms. The Balaban J connectivity index is 1.80. The van der Waals surface area contributed by atoms with E-state index >= 15 is 0 Å². The number of rotatable bonds is 2. The number of benzene rings is 1. The number of carbonyl (C=O) groups is 1. The zero-order valence-corrected chi connectivity index (χ0v) is 10.3. The third-order valence-corrected chi connectivity index (χ3v) is 3.14. The van der Waals surface area contributed by atoms with Crippen molar-refractivity contribution in [2.75, 3.05) is 13.1 Å². The number of carbonyl (C=O) groups excluding carboxylic acids is 1. The van der Waals surface area contributed by atoms with E-state index in [9.17, 15) is 18.0 Å². The highest BCUT2D eigenvalue weighted by molar-refractivity contribution is 5.74. The van der Waals surface area contributed by atoms with Crippen molar-refractivity contribution in [3.63, 3.8) is 0 Å². The maximum Gasteiger partial charge on any atom is 0.317 e. The molecule has 0 spiro atoms. The van der Waals surface area contributed by atoms with Gasteiger partial charge in [0.1, 0.15) is 5.82 Å². The van der Waals surface area contributed by atoms with E-state index in [1.807, 2.05) is 0 Å². The number of urea groups is 1. The molecule has 2 rings (SSSR count). The largest absolute Gasteiger partial charge is 0.334 e. The van der Waals surface area contributed by atoms with Crippen molar-refractivity contribution < 1.29 is 18.0 Å². The molecule has 0 aliphatic carbocycles. The SMILES string of the molecule is O=C(NCc1ccc(F)cc1)N1CCC(F)(F)CC1. The second-order valence-corrected chi connectivity index (χ2v) is 4.63. The minimum atomic E-state index is -2.66. The van der Waals surface area contributed by atoms with E-state index in [4.69, 9.17) is 0 Å². The smallest absolute Gasteiger partial charge is 0.317 e. The van der Waals surface area contributed by atoms with Crippen LogP contribution in [0.15, 0.2) is 24.3 Å². The number of alkyl halides is 2. The van der Waals surface area contributed by atoms with Crippen LogP contribution in [0.2, 0.25) is 0 Å². The Labute approximate surface area is 109 Å². The molecule has 0 atom stereocenters. The number of hydrogen-bond acceptors (Lipinski definition) is 1. The first kappa shape index (κ1) is 13.7. The lowest BCUT2D eigenvalue weighted by Crippen LogP contribution is -2.47. The van der Waals surface area contributed by atoms with Crippen LogP contribution in [-0.4, -0.2) is 29.9 Å². The Kier molecular flexibility index (Phi) is 3.97. The Hall–Kier alpha value is -1.72. The van der Waals surface area contributed by atoms with Crippen molar-refractivity contribution in [3.8, 4) is 0 Å². The van der Waals surface area contributed by atoms with E-state index in [0.29, 0.717) is 0 Å². The van der Waals surface area contributed by atoms with Gasteiger partial charge in [-0.15, -0.1) is 0 Å². The molecule has 1 saturated heterocycles. The Morgan fingerprint density at radius 2 is 1.79 bits per heavy atom. The van der Waals surface area contributed by atoms with Crippen LogP contribution in [0, 0.1) is 5.82 Å². The first-order valence-corrected chi connectivity index (χ1v) is 6.11. The van der Waals surface area contributed by atoms with Gasteiger partial charge in [0, 0.05) is 32.5 Å². The summed E-state index contributed by atoms with van der Waals surface area (Å²) in [6.45, 7) is 0.372. The van der Waals surface area contributed by atoms with Crippen LogP contribution in [0.25, 0.3) is 0 Å². The van der Waals surface area contributed by atoms with Gasteiger partial charge in [0.25, 0.3) is 5.92 Å². The van der Waals surface area contributed by atoms with Crippen molar-refractivity contribution in [3.05, 3.63) is 35.6 Å². The second-order valence-electron chi connectivity index (χ2n) is 4.63. The lowest BCUT2D eigenvalue weighted by Gasteiger charge is -2.31. The summed E-state index contributed by atoms with van der Waals surface area (Å²) >= 11 is 0. The summed E-state index contributed by atoms with van der Waals surface area (Å²) in [6.07, 6.45) is -0.589. The van der Waals surface area contributed by atoms with E-state index in [-0.39, 0.29) is 44.3 Å². The third-order valence-electron chi connectivity index (χ3n) is 3.14. The predicted octanol–water partition coefficient (Wildman–Crippen LogP) is 2.77. The molecule has 1 heterocycles. The maximum absolute atomic E-state index is 12.9. The zero-order valence-electron chi connectivity index (χ0n) is 10.3. The minimum absolute atomic E-state index is 0.0578. The van der Waals surface area contributed by atoms with Gasteiger partial charge in [0.05, 0.1) is 0 Å². The van der Waals surface area contributed by atoms with Gasteiger partial charge in [-0.2, -0.15) is 0 Å². The number of piperidine rings is 1. The molecule has 104 valence electrons. The highest BCUT2D eigenvalue weighted by Crippen LogP contribution is 2.27. The maximum atomic E-state index is 12.9. The van der Waals surface area contributed by atoms with Crippen LogP contribution in [-0.2, 0) is 6.54 Å². The predicted molar refractivity (Wildman–Crippen MR) is 64.4 cm³/mol. The van der Waals surface area contributed by atoms with Gasteiger partial charge in [0.2, 0.25) is 0 Å². The average Bonchev–Trinajstić information content (AvgIpc) is 2.37. The Bertz CT molecular complexity index is 438. The minimum Gasteiger partial charge on any atom is -0.334 e. The number of likely N-dealkylation sites (tertiary alicyclic amines) is 1. The standard InChI is InChI=1S/C13H15F3N2O/c14-11-3-1-10(2-4-11)9-17-12(19)18-7-5-13(15,16)6-8-18/h1-4H,5-9H2,(H,17,19). The fourth-order valence-electron chi connectivity index (χ4n) is 1.93. The molecule has 1 aromatic rings. The average molecular weight is 272 g/mol. The molecule has 0 saturated carbocycles. The molecular formula is C13H15F3N2O. The quantitative estimate of drug-likeness (QED) is 0.882. The van der Waals surface area contributed by atoms with Crippen molar-refractivity contribution in [2.24, 2.45) is 0 Å². The fraction of sp³-hybridized carbons (Fsp3) is 0.462. The topological polar surface area (TPSA) is 32.3 Å². The lowest BCUT2D eigenvalue weighted by atomic mass is 10.1. The van der Waals surface area contributed by atoms with Crippen LogP contribution in [0.1, 0.15) is 18.4 Å². The summed E-state index contributed by atoms with van der Waals surface area (Å²) < 4.78 is 38.6. The molecule has 3 nitrogen and oxygen atoms in total. The second kappa shape index (κ2) is 5.50. The molecule has 0 aromatic heterocycles. The molecule has 0 bridgehead atoms. The number of halogens is 3.